The van der Waals surface area contributed by atoms with Gasteiger partial charge in [0.25, 0.3) is 5.96 Å². The summed E-state index contributed by atoms with van der Waals surface area (Å²) in [7, 11) is 0. The minimum Gasteiger partial charge on any atom is -0.244 e. The molecule has 6 heteroatoms. The van der Waals surface area contributed by atoms with Crippen LogP contribution in [0.4, 0.5) is 0 Å². The van der Waals surface area contributed by atoms with E-state index in [2.05, 4.69) is 31.3 Å². The molecule has 0 amide bonds. The molecule has 0 bridgehead atoms. The maximum Gasteiger partial charge on any atom is 0.257 e. The fraction of sp³-hybridized carbons (Fsp3) is 0. The Balaban J connectivity index is 1.67. The second kappa shape index (κ2) is 10.8. The molecule has 0 fully saturated rings. The quantitative estimate of drug-likeness (QED) is 0.396. The van der Waals surface area contributed by atoms with Gasteiger partial charge in [0.1, 0.15) is 0 Å². The highest BCUT2D eigenvalue weighted by Gasteiger charge is 1.94. The molecule has 0 saturated heterocycles. The smallest absolute Gasteiger partial charge is 0.244 e. The fourth-order valence-electron chi connectivity index (χ4n) is 2.18. The Morgan fingerprint density at radius 2 is 0.929 bits per heavy atom. The molecule has 0 radical (unpaired) electrons. The number of rotatable bonds is 6. The average molecular weight is 368 g/mol. The van der Waals surface area contributed by atoms with Crippen LogP contribution < -0.4 is 10.9 Å². The van der Waals surface area contributed by atoms with Gasteiger partial charge in [-0.3, -0.25) is 0 Å². The van der Waals surface area contributed by atoms with Crippen LogP contribution in [0.5, 0.6) is 0 Å². The Bertz CT molecular complexity index is 895. The molecule has 0 spiro atoms. The predicted octanol–water partition coefficient (Wildman–Crippen LogP) is 3.62. The molecule has 0 aromatic heterocycles. The third kappa shape index (κ3) is 6.68. The van der Waals surface area contributed by atoms with Gasteiger partial charge in [-0.25, -0.2) is 10.9 Å². The minimum atomic E-state index is 0.298. The van der Waals surface area contributed by atoms with E-state index in [1.165, 1.54) is 0 Å². The van der Waals surface area contributed by atoms with Crippen molar-refractivity contribution in [2.45, 2.75) is 0 Å². The standard InChI is InChI=1S/C22H20N6/c1-4-10-19(11-5-1)16-23-26-22(27-24-17-20-12-6-2-7-13-20)28-25-18-21-14-8-3-9-15-21/h1-18H,(H2,26,27,28)/b23-16-,24-17+,25-18+. The molecule has 0 atom stereocenters. The van der Waals surface area contributed by atoms with Crippen molar-refractivity contribution in [3.63, 3.8) is 0 Å². The summed E-state index contributed by atoms with van der Waals surface area (Å²) in [6.45, 7) is 0. The Morgan fingerprint density at radius 1 is 0.536 bits per heavy atom. The Kier molecular flexibility index (Phi) is 7.24. The fourth-order valence-corrected chi connectivity index (χ4v) is 2.18. The predicted molar refractivity (Wildman–Crippen MR) is 116 cm³/mol. The third-order valence-corrected chi connectivity index (χ3v) is 3.53. The van der Waals surface area contributed by atoms with Crippen LogP contribution in [0.2, 0.25) is 0 Å². The first-order valence-electron chi connectivity index (χ1n) is 8.74. The zero-order valence-electron chi connectivity index (χ0n) is 15.2. The number of hydrogen-bond donors (Lipinski definition) is 2. The van der Waals surface area contributed by atoms with E-state index in [1.807, 2.05) is 91.0 Å². The number of nitrogens with one attached hydrogen (secondary N) is 2. The normalized spacial score (nSPS) is 12.1. The second-order valence-corrected chi connectivity index (χ2v) is 5.67. The molecule has 0 aliphatic rings. The van der Waals surface area contributed by atoms with Crippen molar-refractivity contribution < 1.29 is 0 Å². The van der Waals surface area contributed by atoms with Crippen molar-refractivity contribution in [3.8, 4) is 0 Å². The molecule has 3 aromatic rings. The van der Waals surface area contributed by atoms with Gasteiger partial charge in [-0.05, 0) is 16.7 Å². The third-order valence-electron chi connectivity index (χ3n) is 3.53. The van der Waals surface area contributed by atoms with Crippen molar-refractivity contribution in [2.75, 3.05) is 0 Å². The first kappa shape index (κ1) is 18.7. The zero-order valence-corrected chi connectivity index (χ0v) is 15.2. The van der Waals surface area contributed by atoms with E-state index in [1.54, 1.807) is 18.6 Å². The molecule has 0 aliphatic heterocycles. The van der Waals surface area contributed by atoms with E-state index >= 15 is 0 Å². The summed E-state index contributed by atoms with van der Waals surface area (Å²) >= 11 is 0. The number of benzene rings is 3. The highest BCUT2D eigenvalue weighted by Crippen LogP contribution is 1.95. The van der Waals surface area contributed by atoms with Crippen LogP contribution in [0.3, 0.4) is 0 Å². The summed E-state index contributed by atoms with van der Waals surface area (Å²) in [5.41, 5.74) is 8.53. The van der Waals surface area contributed by atoms with Gasteiger partial charge >= 0.3 is 0 Å². The average Bonchev–Trinajstić information content (AvgIpc) is 2.76. The van der Waals surface area contributed by atoms with Gasteiger partial charge in [0.2, 0.25) is 0 Å². The number of hydrazone groups is 2. The number of nitrogens with zero attached hydrogens (tertiary/aromatic N) is 4. The molecule has 3 rings (SSSR count). The lowest BCUT2D eigenvalue weighted by Gasteiger charge is -2.02. The molecule has 28 heavy (non-hydrogen) atoms. The van der Waals surface area contributed by atoms with Gasteiger partial charge in [-0.15, -0.1) is 5.10 Å². The first-order chi connectivity index (χ1) is 13.9. The van der Waals surface area contributed by atoms with Gasteiger partial charge in [0.05, 0.1) is 18.6 Å². The van der Waals surface area contributed by atoms with Gasteiger partial charge in [0.15, 0.2) is 0 Å². The van der Waals surface area contributed by atoms with E-state index in [0.29, 0.717) is 5.96 Å². The molecule has 0 heterocycles. The van der Waals surface area contributed by atoms with E-state index in [-0.39, 0.29) is 0 Å². The lowest BCUT2D eigenvalue weighted by atomic mass is 10.2. The van der Waals surface area contributed by atoms with Gasteiger partial charge < -0.3 is 0 Å². The summed E-state index contributed by atoms with van der Waals surface area (Å²) in [4.78, 5) is 0. The first-order valence-corrected chi connectivity index (χ1v) is 8.74. The molecule has 0 saturated carbocycles. The summed E-state index contributed by atoms with van der Waals surface area (Å²) in [5.74, 6) is 0.298. The van der Waals surface area contributed by atoms with Gasteiger partial charge in [0, 0.05) is 0 Å². The Labute approximate surface area is 164 Å². The monoisotopic (exact) mass is 368 g/mol. The molecule has 0 unspecified atom stereocenters. The number of hydrogen-bond acceptors (Lipinski definition) is 4. The topological polar surface area (TPSA) is 73.5 Å². The second-order valence-electron chi connectivity index (χ2n) is 5.67. The van der Waals surface area contributed by atoms with E-state index in [9.17, 15) is 0 Å². The van der Waals surface area contributed by atoms with Crippen LogP contribution in [0, 0.1) is 0 Å². The van der Waals surface area contributed by atoms with Crippen molar-refractivity contribution in [1.82, 2.24) is 10.9 Å². The van der Waals surface area contributed by atoms with Gasteiger partial charge in [-0.1, -0.05) is 91.0 Å². The summed E-state index contributed by atoms with van der Waals surface area (Å²) in [6.07, 6.45) is 5.04. The number of guanidine groups is 1. The molecular formula is C22H20N6. The van der Waals surface area contributed by atoms with E-state index in [0.717, 1.165) is 16.7 Å². The van der Waals surface area contributed by atoms with Crippen molar-refractivity contribution >= 4 is 24.6 Å². The van der Waals surface area contributed by atoms with Crippen LogP contribution >= 0.6 is 0 Å². The maximum absolute atomic E-state index is 4.18. The molecular weight excluding hydrogens is 348 g/mol. The van der Waals surface area contributed by atoms with Crippen molar-refractivity contribution in [1.29, 1.82) is 0 Å². The van der Waals surface area contributed by atoms with Crippen molar-refractivity contribution in [3.05, 3.63) is 108 Å². The summed E-state index contributed by atoms with van der Waals surface area (Å²) in [6, 6.07) is 29.2. The minimum absolute atomic E-state index is 0.298. The van der Waals surface area contributed by atoms with Crippen LogP contribution in [0.15, 0.2) is 111 Å². The molecule has 6 nitrogen and oxygen atoms in total. The summed E-state index contributed by atoms with van der Waals surface area (Å²) < 4.78 is 0. The highest BCUT2D eigenvalue weighted by atomic mass is 15.5. The van der Waals surface area contributed by atoms with E-state index in [4.69, 9.17) is 0 Å². The Morgan fingerprint density at radius 3 is 1.36 bits per heavy atom. The Hall–Kier alpha value is -4.06. The molecule has 3 aromatic carbocycles. The van der Waals surface area contributed by atoms with Gasteiger partial charge in [-0.2, -0.15) is 15.3 Å². The zero-order chi connectivity index (χ0) is 19.3. The molecule has 138 valence electrons. The molecule has 0 aliphatic carbocycles. The SMILES string of the molecule is C(=N/NC(=N/N=C/c1ccccc1)N/N=C/c1ccccc1)/c1ccccc1. The maximum atomic E-state index is 4.18. The van der Waals surface area contributed by atoms with E-state index < -0.39 is 0 Å². The van der Waals surface area contributed by atoms with Crippen LogP contribution in [-0.4, -0.2) is 24.6 Å². The van der Waals surface area contributed by atoms with Crippen LogP contribution in [-0.2, 0) is 0 Å². The molecule has 2 N–H and O–H groups in total. The van der Waals surface area contributed by atoms with Crippen LogP contribution in [0.25, 0.3) is 0 Å². The lowest BCUT2D eigenvalue weighted by Crippen LogP contribution is -2.30. The largest absolute Gasteiger partial charge is 0.257 e. The highest BCUT2D eigenvalue weighted by molar-refractivity contribution is 5.86. The lowest BCUT2D eigenvalue weighted by molar-refractivity contribution is 0.890. The summed E-state index contributed by atoms with van der Waals surface area (Å²) in [5, 5.41) is 16.6. The van der Waals surface area contributed by atoms with Crippen LogP contribution in [0.1, 0.15) is 16.7 Å². The van der Waals surface area contributed by atoms with Crippen molar-refractivity contribution in [2.24, 2.45) is 20.4 Å².